The van der Waals surface area contributed by atoms with Crippen LogP contribution < -0.4 is 10.6 Å². The number of carbonyl (C=O) groups excluding carboxylic acids is 2. The van der Waals surface area contributed by atoms with Gasteiger partial charge in [0.2, 0.25) is 11.8 Å². The first kappa shape index (κ1) is 15.2. The van der Waals surface area contributed by atoms with Crippen molar-refractivity contribution in [1.82, 2.24) is 15.5 Å². The van der Waals surface area contributed by atoms with E-state index in [-0.39, 0.29) is 13.1 Å². The summed E-state index contributed by atoms with van der Waals surface area (Å²) in [6.45, 7) is -0.854. The van der Waals surface area contributed by atoms with Gasteiger partial charge in [0.1, 0.15) is 12.6 Å². The van der Waals surface area contributed by atoms with E-state index in [1.54, 1.807) is 6.07 Å². The summed E-state index contributed by atoms with van der Waals surface area (Å²) in [5.74, 6) is -1.30. The van der Waals surface area contributed by atoms with Gasteiger partial charge in [0, 0.05) is 6.54 Å². The lowest BCUT2D eigenvalue weighted by molar-refractivity contribution is -0.163. The fourth-order valence-electron chi connectivity index (χ4n) is 1.86. The molecule has 19 heavy (non-hydrogen) atoms. The summed E-state index contributed by atoms with van der Waals surface area (Å²) in [7, 11) is 0. The van der Waals surface area contributed by atoms with E-state index in [1.165, 1.54) is 0 Å². The average molecular weight is 278 g/mol. The van der Waals surface area contributed by atoms with Crippen LogP contribution in [0.4, 0.5) is 13.2 Å². The molecule has 2 amide bonds. The molecule has 1 atom stereocenters. The SMILES string of the molecule is N#CCNC(=O)C1CCCN1C(=O)CNC(F)(F)F. The van der Waals surface area contributed by atoms with Crippen LogP contribution >= 0.6 is 0 Å². The molecule has 1 aliphatic heterocycles. The number of hydrogen-bond donors (Lipinski definition) is 2. The third-order valence-electron chi connectivity index (χ3n) is 2.66. The van der Waals surface area contributed by atoms with Gasteiger partial charge in [0.15, 0.2) is 0 Å². The number of amides is 2. The number of likely N-dealkylation sites (tertiary alicyclic amines) is 1. The largest absolute Gasteiger partial charge is 0.457 e. The zero-order chi connectivity index (χ0) is 14.5. The Kier molecular flexibility index (Phi) is 5.11. The topological polar surface area (TPSA) is 85.2 Å². The van der Waals surface area contributed by atoms with Gasteiger partial charge in [-0.05, 0) is 12.8 Å². The lowest BCUT2D eigenvalue weighted by Crippen LogP contribution is -2.50. The standard InChI is InChI=1S/C10H13F3N4O2/c11-10(12,13)16-6-8(18)17-5-1-2-7(17)9(19)15-4-3-14/h7,16H,1-2,4-6H2,(H,15,19). The fraction of sp³-hybridized carbons (Fsp3) is 0.700. The van der Waals surface area contributed by atoms with E-state index in [0.29, 0.717) is 12.8 Å². The number of nitrogens with one attached hydrogen (secondary N) is 2. The highest BCUT2D eigenvalue weighted by Gasteiger charge is 2.35. The van der Waals surface area contributed by atoms with Crippen LogP contribution in [0, 0.1) is 11.3 Å². The quantitative estimate of drug-likeness (QED) is 0.547. The molecule has 1 unspecified atom stereocenters. The van der Waals surface area contributed by atoms with E-state index in [4.69, 9.17) is 5.26 Å². The Bertz CT molecular complexity index is 391. The van der Waals surface area contributed by atoms with E-state index >= 15 is 0 Å². The van der Waals surface area contributed by atoms with Crippen molar-refractivity contribution < 1.29 is 22.8 Å². The second-order valence-electron chi connectivity index (χ2n) is 3.97. The van der Waals surface area contributed by atoms with Gasteiger partial charge in [-0.15, -0.1) is 0 Å². The van der Waals surface area contributed by atoms with Crippen LogP contribution in [-0.4, -0.2) is 48.7 Å². The van der Waals surface area contributed by atoms with Crippen molar-refractivity contribution in [1.29, 1.82) is 5.26 Å². The summed E-state index contributed by atoms with van der Waals surface area (Å²) < 4.78 is 35.8. The molecule has 0 aromatic carbocycles. The van der Waals surface area contributed by atoms with Crippen molar-refractivity contribution in [3.8, 4) is 6.07 Å². The van der Waals surface area contributed by atoms with Crippen LogP contribution in [0.1, 0.15) is 12.8 Å². The predicted molar refractivity (Wildman–Crippen MR) is 57.4 cm³/mol. The molecule has 2 N–H and O–H groups in total. The summed E-state index contributed by atoms with van der Waals surface area (Å²) in [5.41, 5.74) is 0. The molecule has 0 aromatic heterocycles. The molecule has 0 aliphatic carbocycles. The molecule has 0 aromatic rings. The Morgan fingerprint density at radius 3 is 2.68 bits per heavy atom. The highest BCUT2D eigenvalue weighted by Crippen LogP contribution is 2.18. The fourth-order valence-corrected chi connectivity index (χ4v) is 1.86. The Hall–Kier alpha value is -1.82. The van der Waals surface area contributed by atoms with E-state index in [9.17, 15) is 22.8 Å². The smallest absolute Gasteiger partial charge is 0.341 e. The molecule has 9 heteroatoms. The first-order valence-electron chi connectivity index (χ1n) is 5.61. The van der Waals surface area contributed by atoms with Crippen LogP contribution in [0.2, 0.25) is 0 Å². The molecule has 1 aliphatic rings. The normalized spacial score (nSPS) is 19.1. The third kappa shape index (κ3) is 4.75. The maximum absolute atomic E-state index is 11.9. The second kappa shape index (κ2) is 6.38. The zero-order valence-electron chi connectivity index (χ0n) is 9.96. The first-order valence-corrected chi connectivity index (χ1v) is 5.61. The van der Waals surface area contributed by atoms with Crippen molar-refractivity contribution in [2.75, 3.05) is 19.6 Å². The highest BCUT2D eigenvalue weighted by atomic mass is 19.4. The number of halogens is 3. The van der Waals surface area contributed by atoms with Gasteiger partial charge in [0.25, 0.3) is 0 Å². The molecular weight excluding hydrogens is 265 g/mol. The molecule has 1 heterocycles. The third-order valence-corrected chi connectivity index (χ3v) is 2.66. The summed E-state index contributed by atoms with van der Waals surface area (Å²) in [5, 5.41) is 11.7. The van der Waals surface area contributed by atoms with Gasteiger partial charge in [-0.1, -0.05) is 0 Å². The second-order valence-corrected chi connectivity index (χ2v) is 3.97. The van der Waals surface area contributed by atoms with Crippen molar-refractivity contribution in [2.24, 2.45) is 0 Å². The van der Waals surface area contributed by atoms with Gasteiger partial charge in [-0.25, -0.2) is 5.32 Å². The first-order chi connectivity index (χ1) is 8.85. The van der Waals surface area contributed by atoms with E-state index in [1.807, 2.05) is 0 Å². The summed E-state index contributed by atoms with van der Waals surface area (Å²) in [6.07, 6.45) is -3.70. The summed E-state index contributed by atoms with van der Waals surface area (Å²) in [6, 6.07) is 0.919. The lowest BCUT2D eigenvalue weighted by atomic mass is 10.2. The van der Waals surface area contributed by atoms with Crippen molar-refractivity contribution in [3.05, 3.63) is 0 Å². The monoisotopic (exact) mass is 278 g/mol. The number of alkyl halides is 3. The van der Waals surface area contributed by atoms with E-state index in [2.05, 4.69) is 5.32 Å². The van der Waals surface area contributed by atoms with Gasteiger partial charge < -0.3 is 10.2 Å². The van der Waals surface area contributed by atoms with Gasteiger partial charge in [-0.2, -0.15) is 18.4 Å². The van der Waals surface area contributed by atoms with E-state index < -0.39 is 30.7 Å². The lowest BCUT2D eigenvalue weighted by Gasteiger charge is -2.24. The molecular formula is C10H13F3N4O2. The molecule has 1 saturated heterocycles. The molecule has 1 rings (SSSR count). The highest BCUT2D eigenvalue weighted by molar-refractivity contribution is 5.89. The van der Waals surface area contributed by atoms with Crippen molar-refractivity contribution in [2.45, 2.75) is 25.2 Å². The number of hydrogen-bond acceptors (Lipinski definition) is 4. The maximum Gasteiger partial charge on any atom is 0.457 e. The summed E-state index contributed by atoms with van der Waals surface area (Å²) >= 11 is 0. The van der Waals surface area contributed by atoms with Gasteiger partial charge in [-0.3, -0.25) is 9.59 Å². The van der Waals surface area contributed by atoms with Gasteiger partial charge in [0.05, 0.1) is 12.6 Å². The average Bonchev–Trinajstić information content (AvgIpc) is 2.81. The molecule has 1 fully saturated rings. The number of carbonyl (C=O) groups is 2. The molecule has 106 valence electrons. The van der Waals surface area contributed by atoms with Crippen molar-refractivity contribution in [3.63, 3.8) is 0 Å². The minimum absolute atomic E-state index is 0.196. The van der Waals surface area contributed by atoms with Gasteiger partial charge >= 0.3 is 6.30 Å². The Morgan fingerprint density at radius 2 is 2.11 bits per heavy atom. The minimum atomic E-state index is -4.63. The van der Waals surface area contributed by atoms with Crippen LogP contribution in [0.3, 0.4) is 0 Å². The van der Waals surface area contributed by atoms with Crippen LogP contribution in [0.15, 0.2) is 0 Å². The maximum atomic E-state index is 11.9. The predicted octanol–water partition coefficient (Wildman–Crippen LogP) is -0.273. The summed E-state index contributed by atoms with van der Waals surface area (Å²) in [4.78, 5) is 24.3. The van der Waals surface area contributed by atoms with Crippen LogP contribution in [0.25, 0.3) is 0 Å². The minimum Gasteiger partial charge on any atom is -0.341 e. The molecule has 0 bridgehead atoms. The van der Waals surface area contributed by atoms with Crippen molar-refractivity contribution >= 4 is 11.8 Å². The number of nitriles is 1. The van der Waals surface area contributed by atoms with Crippen LogP contribution in [-0.2, 0) is 9.59 Å². The Balaban J connectivity index is 2.54. The number of nitrogens with zero attached hydrogens (tertiary/aromatic N) is 2. The molecule has 0 saturated carbocycles. The Labute approximate surface area is 107 Å². The zero-order valence-corrected chi connectivity index (χ0v) is 9.96. The van der Waals surface area contributed by atoms with E-state index in [0.717, 1.165) is 10.2 Å². The molecule has 0 spiro atoms. The molecule has 0 radical (unpaired) electrons. The molecule has 6 nitrogen and oxygen atoms in total. The Morgan fingerprint density at radius 1 is 1.42 bits per heavy atom. The van der Waals surface area contributed by atoms with Crippen LogP contribution in [0.5, 0.6) is 0 Å². The number of rotatable bonds is 4.